The van der Waals surface area contributed by atoms with E-state index in [1.165, 1.54) is 0 Å². The van der Waals surface area contributed by atoms with Crippen molar-refractivity contribution < 1.29 is 9.59 Å². The lowest BCUT2D eigenvalue weighted by atomic mass is 9.99. The lowest BCUT2D eigenvalue weighted by Crippen LogP contribution is -2.65. The smallest absolute Gasteiger partial charge is 0.246 e. The maximum atomic E-state index is 12.3. The van der Waals surface area contributed by atoms with Gasteiger partial charge in [-0.05, 0) is 26.2 Å². The van der Waals surface area contributed by atoms with Crippen LogP contribution in [-0.2, 0) is 9.59 Å². The summed E-state index contributed by atoms with van der Waals surface area (Å²) < 4.78 is 0. The first-order chi connectivity index (χ1) is 8.06. The summed E-state index contributed by atoms with van der Waals surface area (Å²) in [4.78, 5) is 26.1. The first-order valence-corrected chi connectivity index (χ1v) is 6.69. The van der Waals surface area contributed by atoms with Gasteiger partial charge in [0, 0.05) is 6.04 Å². The Morgan fingerprint density at radius 3 is 2.41 bits per heavy atom. The van der Waals surface area contributed by atoms with Crippen LogP contribution in [-0.4, -0.2) is 34.8 Å². The van der Waals surface area contributed by atoms with Crippen molar-refractivity contribution in [2.24, 2.45) is 0 Å². The Kier molecular flexibility index (Phi) is 4.97. The number of carbonyl (C=O) groups excluding carboxylic acids is 2. The van der Waals surface area contributed by atoms with Gasteiger partial charge in [0.25, 0.3) is 0 Å². The van der Waals surface area contributed by atoms with Crippen LogP contribution in [0.1, 0.15) is 53.4 Å². The Morgan fingerprint density at radius 1 is 1.29 bits per heavy atom. The Morgan fingerprint density at radius 2 is 1.94 bits per heavy atom. The number of nitrogens with zero attached hydrogens (tertiary/aromatic N) is 1. The summed E-state index contributed by atoms with van der Waals surface area (Å²) >= 11 is 0. The molecule has 0 aromatic rings. The van der Waals surface area contributed by atoms with Gasteiger partial charge in [-0.3, -0.25) is 9.59 Å². The van der Waals surface area contributed by atoms with Gasteiger partial charge in [-0.2, -0.15) is 0 Å². The summed E-state index contributed by atoms with van der Waals surface area (Å²) in [7, 11) is 0. The zero-order valence-corrected chi connectivity index (χ0v) is 11.3. The van der Waals surface area contributed by atoms with Crippen molar-refractivity contribution >= 4 is 11.8 Å². The van der Waals surface area contributed by atoms with Gasteiger partial charge < -0.3 is 10.2 Å². The zero-order valence-electron chi connectivity index (χ0n) is 11.3. The molecule has 98 valence electrons. The third-order valence-electron chi connectivity index (χ3n) is 3.54. The van der Waals surface area contributed by atoms with Crippen LogP contribution in [0.15, 0.2) is 0 Å². The van der Waals surface area contributed by atoms with E-state index in [2.05, 4.69) is 12.2 Å². The number of hydrogen-bond donors (Lipinski definition) is 1. The number of hydrogen-bond acceptors (Lipinski definition) is 2. The molecule has 1 heterocycles. The van der Waals surface area contributed by atoms with Crippen LogP contribution in [0.5, 0.6) is 0 Å². The second kappa shape index (κ2) is 6.03. The minimum atomic E-state index is -0.329. The second-order valence-corrected chi connectivity index (χ2v) is 4.78. The number of nitrogens with one attached hydrogen (secondary N) is 1. The van der Waals surface area contributed by atoms with Crippen LogP contribution in [0.2, 0.25) is 0 Å². The molecule has 1 N–H and O–H groups in total. The van der Waals surface area contributed by atoms with Crippen molar-refractivity contribution in [2.75, 3.05) is 0 Å². The van der Waals surface area contributed by atoms with E-state index in [4.69, 9.17) is 0 Å². The van der Waals surface area contributed by atoms with Crippen LogP contribution in [0.3, 0.4) is 0 Å². The molecule has 1 aliphatic rings. The van der Waals surface area contributed by atoms with Gasteiger partial charge in [-0.25, -0.2) is 0 Å². The molecule has 2 amide bonds. The minimum Gasteiger partial charge on any atom is -0.343 e. The van der Waals surface area contributed by atoms with Crippen LogP contribution in [0.4, 0.5) is 0 Å². The highest BCUT2D eigenvalue weighted by atomic mass is 16.2. The molecule has 4 heteroatoms. The molecule has 0 spiro atoms. The second-order valence-electron chi connectivity index (χ2n) is 4.78. The van der Waals surface area contributed by atoms with Crippen LogP contribution in [0, 0.1) is 0 Å². The third-order valence-corrected chi connectivity index (χ3v) is 3.54. The summed E-state index contributed by atoms with van der Waals surface area (Å²) in [6.45, 7) is 8.04. The van der Waals surface area contributed by atoms with Gasteiger partial charge in [0.2, 0.25) is 11.8 Å². The molecule has 0 aromatic heterocycles. The summed E-state index contributed by atoms with van der Waals surface area (Å²) in [6, 6.07) is -0.464. The SMILES string of the molecule is CCCC1C(=O)NC(CC)C(=O)N1C(C)CC. The Labute approximate surface area is 104 Å². The predicted molar refractivity (Wildman–Crippen MR) is 67.5 cm³/mol. The molecule has 0 radical (unpaired) electrons. The molecule has 1 rings (SSSR count). The van der Waals surface area contributed by atoms with Crippen LogP contribution < -0.4 is 5.32 Å². The molecule has 3 atom stereocenters. The highest BCUT2D eigenvalue weighted by molar-refractivity contribution is 5.97. The Hall–Kier alpha value is -1.06. The van der Waals surface area contributed by atoms with Crippen molar-refractivity contribution in [3.05, 3.63) is 0 Å². The van der Waals surface area contributed by atoms with Gasteiger partial charge >= 0.3 is 0 Å². The highest BCUT2D eigenvalue weighted by Gasteiger charge is 2.40. The van der Waals surface area contributed by atoms with Crippen molar-refractivity contribution in [3.63, 3.8) is 0 Å². The molecule has 0 aromatic carbocycles. The monoisotopic (exact) mass is 240 g/mol. The van der Waals surface area contributed by atoms with Gasteiger partial charge in [0.1, 0.15) is 12.1 Å². The normalized spacial score (nSPS) is 26.9. The summed E-state index contributed by atoms with van der Waals surface area (Å²) in [5.74, 6) is 0.0958. The molecule has 3 unspecified atom stereocenters. The Balaban J connectivity index is 2.95. The lowest BCUT2D eigenvalue weighted by molar-refractivity contribution is -0.152. The quantitative estimate of drug-likeness (QED) is 0.795. The number of rotatable bonds is 5. The summed E-state index contributed by atoms with van der Waals surface area (Å²) in [5.41, 5.74) is 0. The standard InChI is InChI=1S/C13H24N2O2/c1-5-8-11-12(16)14-10(7-3)13(17)15(11)9(4)6-2/h9-11H,5-8H2,1-4H3,(H,14,16). The van der Waals surface area contributed by atoms with E-state index in [0.29, 0.717) is 6.42 Å². The number of carbonyl (C=O) groups is 2. The molecule has 4 nitrogen and oxygen atoms in total. The van der Waals surface area contributed by atoms with E-state index in [1.54, 1.807) is 4.90 Å². The van der Waals surface area contributed by atoms with Crippen molar-refractivity contribution in [2.45, 2.75) is 71.5 Å². The molecule has 1 aliphatic heterocycles. The number of piperazine rings is 1. The average molecular weight is 240 g/mol. The van der Waals surface area contributed by atoms with Gasteiger partial charge in [0.05, 0.1) is 0 Å². The maximum absolute atomic E-state index is 12.3. The van der Waals surface area contributed by atoms with Crippen molar-refractivity contribution in [3.8, 4) is 0 Å². The van der Waals surface area contributed by atoms with Gasteiger partial charge in [-0.15, -0.1) is 0 Å². The molecule has 1 fully saturated rings. The molecule has 1 saturated heterocycles. The lowest BCUT2D eigenvalue weighted by Gasteiger charge is -2.42. The number of amides is 2. The van der Waals surface area contributed by atoms with Gasteiger partial charge in [-0.1, -0.05) is 27.2 Å². The van der Waals surface area contributed by atoms with E-state index in [0.717, 1.165) is 19.3 Å². The van der Waals surface area contributed by atoms with Crippen LogP contribution >= 0.6 is 0 Å². The van der Waals surface area contributed by atoms with Crippen molar-refractivity contribution in [1.82, 2.24) is 10.2 Å². The molecular weight excluding hydrogens is 216 g/mol. The molecule has 0 aliphatic carbocycles. The first-order valence-electron chi connectivity index (χ1n) is 6.69. The van der Waals surface area contributed by atoms with E-state index < -0.39 is 0 Å². The average Bonchev–Trinajstić information content (AvgIpc) is 2.33. The zero-order chi connectivity index (χ0) is 13.0. The molecule has 17 heavy (non-hydrogen) atoms. The Bertz CT molecular complexity index is 291. The van der Waals surface area contributed by atoms with Crippen LogP contribution in [0.25, 0.3) is 0 Å². The fraction of sp³-hybridized carbons (Fsp3) is 0.846. The van der Waals surface area contributed by atoms with E-state index in [-0.39, 0.29) is 29.9 Å². The fourth-order valence-electron chi connectivity index (χ4n) is 2.33. The summed E-state index contributed by atoms with van der Waals surface area (Å²) in [5, 5.41) is 2.83. The van der Waals surface area contributed by atoms with Gasteiger partial charge in [0.15, 0.2) is 0 Å². The maximum Gasteiger partial charge on any atom is 0.246 e. The van der Waals surface area contributed by atoms with E-state index >= 15 is 0 Å². The highest BCUT2D eigenvalue weighted by Crippen LogP contribution is 2.20. The summed E-state index contributed by atoms with van der Waals surface area (Å²) in [6.07, 6.45) is 3.21. The first kappa shape index (κ1) is 14.0. The molecule has 0 bridgehead atoms. The fourth-order valence-corrected chi connectivity index (χ4v) is 2.33. The van der Waals surface area contributed by atoms with Crippen molar-refractivity contribution in [1.29, 1.82) is 0 Å². The topological polar surface area (TPSA) is 49.4 Å². The molecular formula is C13H24N2O2. The third kappa shape index (κ3) is 2.79. The molecule has 0 saturated carbocycles. The van der Waals surface area contributed by atoms with E-state index in [1.807, 2.05) is 20.8 Å². The minimum absolute atomic E-state index is 0.0126. The largest absolute Gasteiger partial charge is 0.343 e. The van der Waals surface area contributed by atoms with E-state index in [9.17, 15) is 9.59 Å². The predicted octanol–water partition coefficient (Wildman–Crippen LogP) is 1.69.